The summed E-state index contributed by atoms with van der Waals surface area (Å²) in [5, 5.41) is 5.51. The molecule has 2 aromatic carbocycles. The molecule has 0 bridgehead atoms. The summed E-state index contributed by atoms with van der Waals surface area (Å²) < 4.78 is 13.8. The molecule has 0 saturated carbocycles. The van der Waals surface area contributed by atoms with Crippen LogP contribution in [0.2, 0.25) is 0 Å². The van der Waals surface area contributed by atoms with E-state index in [9.17, 15) is 18.8 Å². The number of hydrogen-bond donors (Lipinski definition) is 3. The molecule has 0 saturated heterocycles. The van der Waals surface area contributed by atoms with Crippen LogP contribution in [0.25, 0.3) is 0 Å². The minimum atomic E-state index is -0.962. The minimum absolute atomic E-state index is 0.0549. The van der Waals surface area contributed by atoms with E-state index in [0.717, 1.165) is 11.8 Å². The summed E-state index contributed by atoms with van der Waals surface area (Å²) in [6, 6.07) is 15.1. The van der Waals surface area contributed by atoms with Crippen LogP contribution in [0.1, 0.15) is 23.5 Å². The second-order valence-corrected chi connectivity index (χ2v) is 7.64. The Morgan fingerprint density at radius 2 is 1.87 bits per heavy atom. The zero-order chi connectivity index (χ0) is 21.1. The number of para-hydroxylation sites is 1. The molecule has 30 heavy (non-hydrogen) atoms. The number of rotatable bonds is 5. The highest BCUT2D eigenvalue weighted by Crippen LogP contribution is 2.31. The van der Waals surface area contributed by atoms with E-state index < -0.39 is 23.3 Å². The van der Waals surface area contributed by atoms with Crippen molar-refractivity contribution in [3.8, 4) is 0 Å². The summed E-state index contributed by atoms with van der Waals surface area (Å²) in [5.41, 5.74) is 0.631. The second-order valence-electron chi connectivity index (χ2n) is 6.67. The van der Waals surface area contributed by atoms with Crippen molar-refractivity contribution in [2.45, 2.75) is 23.2 Å². The van der Waals surface area contributed by atoms with Crippen molar-refractivity contribution in [3.63, 3.8) is 0 Å². The molecule has 1 aromatic heterocycles. The molecule has 2 heterocycles. The van der Waals surface area contributed by atoms with Crippen molar-refractivity contribution >= 4 is 35.1 Å². The molecule has 1 aliphatic rings. The van der Waals surface area contributed by atoms with Crippen LogP contribution < -0.4 is 16.2 Å². The van der Waals surface area contributed by atoms with Crippen LogP contribution in [0.15, 0.2) is 64.5 Å². The molecule has 0 fully saturated rings. The topological polar surface area (TPSA) is 104 Å². The molecule has 0 unspecified atom stereocenters. The van der Waals surface area contributed by atoms with E-state index in [4.69, 9.17) is 0 Å². The lowest BCUT2D eigenvalue weighted by molar-refractivity contribution is -0.123. The van der Waals surface area contributed by atoms with Gasteiger partial charge in [-0.05, 0) is 23.8 Å². The van der Waals surface area contributed by atoms with E-state index in [0.29, 0.717) is 11.3 Å². The zero-order valence-corrected chi connectivity index (χ0v) is 16.5. The fourth-order valence-corrected chi connectivity index (χ4v) is 4.00. The number of amides is 2. The fraction of sp³-hybridized carbons (Fsp3) is 0.143. The molecule has 9 heteroatoms. The van der Waals surface area contributed by atoms with E-state index >= 15 is 0 Å². The quantitative estimate of drug-likeness (QED) is 0.431. The van der Waals surface area contributed by atoms with Gasteiger partial charge in [-0.2, -0.15) is 0 Å². The van der Waals surface area contributed by atoms with E-state index in [2.05, 4.69) is 20.6 Å². The average molecular weight is 424 g/mol. The van der Waals surface area contributed by atoms with Crippen LogP contribution in [0.3, 0.4) is 0 Å². The number of aromatic amines is 1. The third-order valence-corrected chi connectivity index (χ3v) is 5.53. The Morgan fingerprint density at radius 3 is 2.63 bits per heavy atom. The smallest absolute Gasteiger partial charge is 0.257 e. The van der Waals surface area contributed by atoms with Gasteiger partial charge in [0.25, 0.3) is 5.56 Å². The number of hydrogen-bond acceptors (Lipinski definition) is 5. The summed E-state index contributed by atoms with van der Waals surface area (Å²) in [5.74, 6) is -1.87. The van der Waals surface area contributed by atoms with Gasteiger partial charge in [0.05, 0.1) is 11.5 Å². The maximum Gasteiger partial charge on any atom is 0.257 e. The van der Waals surface area contributed by atoms with Crippen molar-refractivity contribution in [3.05, 3.63) is 81.9 Å². The Labute approximate surface area is 175 Å². The number of benzene rings is 2. The fourth-order valence-electron chi connectivity index (χ4n) is 3.16. The number of H-pyrrole nitrogens is 1. The Bertz CT molecular complexity index is 1170. The molecular formula is C21H17FN4O3S. The van der Waals surface area contributed by atoms with Crippen molar-refractivity contribution in [2.24, 2.45) is 0 Å². The summed E-state index contributed by atoms with van der Waals surface area (Å²) in [6.07, 6.45) is -0.155. The SMILES string of the molecule is O=C1C[C@H](C(=O)Nc2ccccc2)c2c(nc(SCc3ccccc3F)[nH]c2=O)N1. The number of nitrogens with zero attached hydrogens (tertiary/aromatic N) is 1. The molecule has 4 rings (SSSR count). The largest absolute Gasteiger partial charge is 0.326 e. The number of fused-ring (bicyclic) bond motifs is 1. The lowest BCUT2D eigenvalue weighted by Crippen LogP contribution is -2.36. The van der Waals surface area contributed by atoms with Gasteiger partial charge >= 0.3 is 0 Å². The minimum Gasteiger partial charge on any atom is -0.326 e. The molecule has 3 N–H and O–H groups in total. The summed E-state index contributed by atoms with van der Waals surface area (Å²) in [4.78, 5) is 44.5. The van der Waals surface area contributed by atoms with Gasteiger partial charge in [0, 0.05) is 17.9 Å². The highest BCUT2D eigenvalue weighted by atomic mass is 32.2. The maximum absolute atomic E-state index is 13.8. The third-order valence-electron chi connectivity index (χ3n) is 4.61. The first-order valence-electron chi connectivity index (χ1n) is 9.17. The Balaban J connectivity index is 1.59. The number of anilines is 2. The van der Waals surface area contributed by atoms with Gasteiger partial charge in [-0.3, -0.25) is 14.4 Å². The molecule has 3 aromatic rings. The molecule has 1 aliphatic heterocycles. The first-order chi connectivity index (χ1) is 14.5. The Morgan fingerprint density at radius 1 is 1.13 bits per heavy atom. The lowest BCUT2D eigenvalue weighted by Gasteiger charge is -2.23. The molecule has 0 radical (unpaired) electrons. The Kier molecular flexibility index (Phi) is 5.62. The van der Waals surface area contributed by atoms with E-state index in [1.807, 2.05) is 6.07 Å². The molecule has 0 spiro atoms. The van der Waals surface area contributed by atoms with Gasteiger partial charge in [0.1, 0.15) is 11.6 Å². The molecule has 152 valence electrons. The monoisotopic (exact) mass is 424 g/mol. The van der Waals surface area contributed by atoms with Gasteiger partial charge in [0.15, 0.2) is 5.16 Å². The van der Waals surface area contributed by atoms with Crippen LogP contribution in [0.5, 0.6) is 0 Å². The van der Waals surface area contributed by atoms with Crippen LogP contribution in [-0.4, -0.2) is 21.8 Å². The van der Waals surface area contributed by atoms with Crippen molar-refractivity contribution < 1.29 is 14.0 Å². The van der Waals surface area contributed by atoms with Crippen molar-refractivity contribution in [1.29, 1.82) is 0 Å². The first kappa shape index (κ1) is 19.8. The zero-order valence-electron chi connectivity index (χ0n) is 15.6. The van der Waals surface area contributed by atoms with Gasteiger partial charge in [-0.15, -0.1) is 0 Å². The first-order valence-corrected chi connectivity index (χ1v) is 10.2. The standard InChI is InChI=1S/C21H17FN4O3S/c22-15-9-5-4-6-12(15)11-30-21-25-18-17(20(29)26-21)14(10-16(27)24-18)19(28)23-13-7-2-1-3-8-13/h1-9,14H,10-11H2,(H,23,28)(H2,24,25,26,27,29)/t14-/m0/s1. The predicted octanol–water partition coefficient (Wildman–Crippen LogP) is 3.27. The van der Waals surface area contributed by atoms with E-state index in [1.165, 1.54) is 6.07 Å². The predicted molar refractivity (Wildman–Crippen MR) is 112 cm³/mol. The number of aromatic nitrogens is 2. The number of halogens is 1. The number of carbonyl (C=O) groups is 2. The summed E-state index contributed by atoms with van der Waals surface area (Å²) >= 11 is 1.13. The number of thioether (sulfide) groups is 1. The molecule has 2 amide bonds. The summed E-state index contributed by atoms with van der Waals surface area (Å²) in [7, 11) is 0. The highest BCUT2D eigenvalue weighted by Gasteiger charge is 2.34. The number of carbonyl (C=O) groups excluding carboxylic acids is 2. The number of nitrogens with one attached hydrogen (secondary N) is 3. The summed E-state index contributed by atoms with van der Waals surface area (Å²) in [6.45, 7) is 0. The van der Waals surface area contributed by atoms with Crippen molar-refractivity contribution in [1.82, 2.24) is 9.97 Å². The van der Waals surface area contributed by atoms with Gasteiger partial charge in [0.2, 0.25) is 11.8 Å². The highest BCUT2D eigenvalue weighted by molar-refractivity contribution is 7.98. The van der Waals surface area contributed by atoms with Crippen LogP contribution in [0.4, 0.5) is 15.9 Å². The van der Waals surface area contributed by atoms with Crippen molar-refractivity contribution in [2.75, 3.05) is 10.6 Å². The third kappa shape index (κ3) is 4.25. The molecule has 7 nitrogen and oxygen atoms in total. The maximum atomic E-state index is 13.8. The van der Waals surface area contributed by atoms with Gasteiger partial charge < -0.3 is 15.6 Å². The Hall–Kier alpha value is -3.46. The molecule has 1 atom stereocenters. The molecule has 0 aliphatic carbocycles. The van der Waals surface area contributed by atoms with Crippen LogP contribution in [0, 0.1) is 5.82 Å². The normalized spacial score (nSPS) is 15.2. The molecular weight excluding hydrogens is 407 g/mol. The van der Waals surface area contributed by atoms with Gasteiger partial charge in [-0.1, -0.05) is 48.2 Å². The van der Waals surface area contributed by atoms with E-state index in [1.54, 1.807) is 42.5 Å². The average Bonchev–Trinajstić information content (AvgIpc) is 2.73. The lowest BCUT2D eigenvalue weighted by atomic mass is 9.92. The van der Waals surface area contributed by atoms with Crippen LogP contribution in [-0.2, 0) is 15.3 Å². The van der Waals surface area contributed by atoms with E-state index in [-0.39, 0.29) is 34.5 Å². The van der Waals surface area contributed by atoms with Gasteiger partial charge in [-0.25, -0.2) is 9.37 Å². The second kappa shape index (κ2) is 8.50. The van der Waals surface area contributed by atoms with Crippen LogP contribution >= 0.6 is 11.8 Å².